The number of pyridine rings is 1. The summed E-state index contributed by atoms with van der Waals surface area (Å²) in [6.07, 6.45) is 1.55. The normalized spacial score (nSPS) is 19.0. The van der Waals surface area contributed by atoms with Crippen molar-refractivity contribution in [3.63, 3.8) is 0 Å². The van der Waals surface area contributed by atoms with Gasteiger partial charge >= 0.3 is 6.09 Å². The van der Waals surface area contributed by atoms with Gasteiger partial charge in [0.2, 0.25) is 11.8 Å². The van der Waals surface area contributed by atoms with Crippen LogP contribution in [0.3, 0.4) is 0 Å². The van der Waals surface area contributed by atoms with E-state index in [1.165, 1.54) is 0 Å². The second-order valence-corrected chi connectivity index (χ2v) is 9.22. The zero-order valence-corrected chi connectivity index (χ0v) is 18.9. The number of piperidine rings is 1. The van der Waals surface area contributed by atoms with Gasteiger partial charge in [-0.2, -0.15) is 4.98 Å². The molecule has 1 aromatic heterocycles. The molecule has 1 atom stereocenters. The molecule has 31 heavy (non-hydrogen) atoms. The number of β-amino-alcohol motifs (C(OH)–C–C–N with tert-alkyl or cyclic N) is 1. The molecule has 1 unspecified atom stereocenters. The molecular weight excluding hydrogens is 400 g/mol. The van der Waals surface area contributed by atoms with Crippen LogP contribution >= 0.6 is 0 Å². The number of methoxy groups -OCH3 is 1. The molecule has 0 saturated carbocycles. The minimum atomic E-state index is -0.696. The molecule has 0 aliphatic carbocycles. The van der Waals surface area contributed by atoms with Crippen LogP contribution in [0.15, 0.2) is 12.1 Å². The highest BCUT2D eigenvalue weighted by atomic mass is 16.6. The number of aryl methyl sites for hydroxylation is 1. The number of alkyl carbamates (subject to hydrolysis) is 1. The third-order valence-corrected chi connectivity index (χ3v) is 5.48. The first-order valence-electron chi connectivity index (χ1n) is 10.9. The van der Waals surface area contributed by atoms with Crippen molar-refractivity contribution in [3.8, 4) is 5.88 Å². The van der Waals surface area contributed by atoms with Gasteiger partial charge in [0.15, 0.2) is 0 Å². The lowest BCUT2D eigenvalue weighted by atomic mass is 10.0. The molecule has 3 heterocycles. The molecule has 172 valence electrons. The summed E-state index contributed by atoms with van der Waals surface area (Å²) in [5.74, 6) is 0.995. The number of aliphatic hydroxyl groups is 1. The first-order chi connectivity index (χ1) is 14.6. The van der Waals surface area contributed by atoms with Gasteiger partial charge < -0.3 is 24.8 Å². The number of carbonyl (C=O) groups is 2. The first-order valence-corrected chi connectivity index (χ1v) is 10.9. The van der Waals surface area contributed by atoms with Crippen molar-refractivity contribution in [1.82, 2.24) is 15.2 Å². The van der Waals surface area contributed by atoms with E-state index in [0.717, 1.165) is 31.5 Å². The fourth-order valence-electron chi connectivity index (χ4n) is 3.99. The Labute approximate surface area is 183 Å². The largest absolute Gasteiger partial charge is 0.481 e. The van der Waals surface area contributed by atoms with Gasteiger partial charge in [-0.15, -0.1) is 0 Å². The molecule has 9 heteroatoms. The highest BCUT2D eigenvalue weighted by Gasteiger charge is 2.29. The molecule has 1 aromatic rings. The number of fused-ring (bicyclic) bond motifs is 1. The van der Waals surface area contributed by atoms with Crippen LogP contribution in [0.4, 0.5) is 10.6 Å². The third-order valence-electron chi connectivity index (χ3n) is 5.48. The Hall–Kier alpha value is -2.39. The molecule has 2 N–H and O–H groups in total. The molecule has 1 saturated heterocycles. The van der Waals surface area contributed by atoms with Crippen LogP contribution < -0.4 is 15.0 Å². The van der Waals surface area contributed by atoms with Crippen molar-refractivity contribution >= 4 is 17.8 Å². The van der Waals surface area contributed by atoms with Gasteiger partial charge in [-0.1, -0.05) is 0 Å². The topological polar surface area (TPSA) is 104 Å². The van der Waals surface area contributed by atoms with Crippen LogP contribution in [-0.2, 0) is 16.0 Å². The number of rotatable bonds is 6. The lowest BCUT2D eigenvalue weighted by molar-refractivity contribution is -0.119. The second-order valence-electron chi connectivity index (χ2n) is 9.22. The van der Waals surface area contributed by atoms with E-state index in [1.807, 2.05) is 26.8 Å². The van der Waals surface area contributed by atoms with E-state index in [1.54, 1.807) is 18.1 Å². The summed E-state index contributed by atoms with van der Waals surface area (Å²) in [6.45, 7) is 7.70. The molecule has 0 bridgehead atoms. The average Bonchev–Trinajstić information content (AvgIpc) is 2.70. The smallest absolute Gasteiger partial charge is 0.407 e. The highest BCUT2D eigenvalue weighted by molar-refractivity contribution is 5.95. The van der Waals surface area contributed by atoms with Crippen molar-refractivity contribution in [2.75, 3.05) is 38.2 Å². The summed E-state index contributed by atoms with van der Waals surface area (Å²) in [7, 11) is 1.54. The number of nitrogens with zero attached hydrogens (tertiary/aromatic N) is 3. The molecule has 1 fully saturated rings. The molecule has 2 aliphatic heterocycles. The molecule has 2 amide bonds. The molecule has 2 aliphatic rings. The maximum atomic E-state index is 12.5. The first kappa shape index (κ1) is 23.3. The zero-order chi connectivity index (χ0) is 22.6. The van der Waals surface area contributed by atoms with E-state index in [-0.39, 0.29) is 18.5 Å². The van der Waals surface area contributed by atoms with Gasteiger partial charge in [0.05, 0.1) is 19.8 Å². The molecule has 0 radical (unpaired) electrons. The van der Waals surface area contributed by atoms with Gasteiger partial charge in [-0.3, -0.25) is 9.69 Å². The van der Waals surface area contributed by atoms with E-state index >= 15 is 0 Å². The Bertz CT molecular complexity index is 787. The standard InChI is InChI=1S/C22H34N4O5/c1-22(2,3)31-21(29)23-16-9-11-25(12-10-16)13-17(27)14-26-19(28)8-6-15-5-7-18(30-4)24-20(15)26/h5,7,16-17,27H,6,8-14H2,1-4H3,(H,23,29). The van der Waals surface area contributed by atoms with Gasteiger partial charge in [-0.05, 0) is 51.7 Å². The maximum absolute atomic E-state index is 12.5. The monoisotopic (exact) mass is 434 g/mol. The Kier molecular flexibility index (Phi) is 7.38. The Balaban J connectivity index is 1.49. The summed E-state index contributed by atoms with van der Waals surface area (Å²) in [5.41, 5.74) is 0.472. The average molecular weight is 435 g/mol. The Morgan fingerprint density at radius 3 is 2.61 bits per heavy atom. The predicted octanol–water partition coefficient (Wildman–Crippen LogP) is 1.72. The van der Waals surface area contributed by atoms with E-state index < -0.39 is 17.8 Å². The van der Waals surface area contributed by atoms with Crippen LogP contribution in [0.1, 0.15) is 45.6 Å². The lowest BCUT2D eigenvalue weighted by Crippen LogP contribution is -2.49. The van der Waals surface area contributed by atoms with Gasteiger partial charge in [0.1, 0.15) is 11.4 Å². The summed E-state index contributed by atoms with van der Waals surface area (Å²) in [4.78, 5) is 32.6. The number of carbonyl (C=O) groups excluding carboxylic acids is 2. The molecule has 9 nitrogen and oxygen atoms in total. The van der Waals surface area contributed by atoms with Crippen LogP contribution in [0.5, 0.6) is 5.88 Å². The predicted molar refractivity (Wildman–Crippen MR) is 116 cm³/mol. The third kappa shape index (κ3) is 6.54. The SMILES string of the molecule is COc1ccc2c(n1)N(CC(O)CN1CCC(NC(=O)OC(C)(C)C)CC1)C(=O)CC2. The van der Waals surface area contributed by atoms with Crippen molar-refractivity contribution in [1.29, 1.82) is 0 Å². The number of amides is 2. The van der Waals surface area contributed by atoms with Crippen molar-refractivity contribution in [3.05, 3.63) is 17.7 Å². The minimum absolute atomic E-state index is 0.0347. The van der Waals surface area contributed by atoms with Crippen LogP contribution in [0, 0.1) is 0 Å². The Morgan fingerprint density at radius 1 is 1.26 bits per heavy atom. The van der Waals surface area contributed by atoms with Gasteiger partial charge in [-0.25, -0.2) is 4.79 Å². The van der Waals surface area contributed by atoms with E-state index in [0.29, 0.717) is 31.1 Å². The lowest BCUT2D eigenvalue weighted by Gasteiger charge is -2.35. The molecule has 0 spiro atoms. The number of aromatic nitrogens is 1. The number of ether oxygens (including phenoxy) is 2. The van der Waals surface area contributed by atoms with Crippen LogP contribution in [0.2, 0.25) is 0 Å². The summed E-state index contributed by atoms with van der Waals surface area (Å²) in [5, 5.41) is 13.6. The van der Waals surface area contributed by atoms with Crippen LogP contribution in [-0.4, -0.2) is 78.0 Å². The number of likely N-dealkylation sites (tertiary alicyclic amines) is 1. The van der Waals surface area contributed by atoms with Crippen molar-refractivity contribution in [2.24, 2.45) is 0 Å². The summed E-state index contributed by atoms with van der Waals surface area (Å²) >= 11 is 0. The second kappa shape index (κ2) is 9.82. The quantitative estimate of drug-likeness (QED) is 0.702. The van der Waals surface area contributed by atoms with Gasteiger partial charge in [0, 0.05) is 38.2 Å². The fraction of sp³-hybridized carbons (Fsp3) is 0.682. The minimum Gasteiger partial charge on any atom is -0.481 e. The van der Waals surface area contributed by atoms with Crippen LogP contribution in [0.25, 0.3) is 0 Å². The number of nitrogens with one attached hydrogen (secondary N) is 1. The number of hydrogen-bond donors (Lipinski definition) is 2. The van der Waals surface area contributed by atoms with Crippen molar-refractivity contribution in [2.45, 2.75) is 64.2 Å². The zero-order valence-electron chi connectivity index (χ0n) is 18.9. The fourth-order valence-corrected chi connectivity index (χ4v) is 3.99. The van der Waals surface area contributed by atoms with E-state index in [9.17, 15) is 14.7 Å². The maximum Gasteiger partial charge on any atom is 0.407 e. The number of hydrogen-bond acceptors (Lipinski definition) is 7. The Morgan fingerprint density at radius 2 is 1.97 bits per heavy atom. The molecular formula is C22H34N4O5. The van der Waals surface area contributed by atoms with Gasteiger partial charge in [0.25, 0.3) is 0 Å². The summed E-state index contributed by atoms with van der Waals surface area (Å²) < 4.78 is 10.5. The van der Waals surface area contributed by atoms with E-state index in [4.69, 9.17) is 9.47 Å². The highest BCUT2D eigenvalue weighted by Crippen LogP contribution is 2.28. The summed E-state index contributed by atoms with van der Waals surface area (Å²) in [6, 6.07) is 3.78. The molecule has 0 aromatic carbocycles. The van der Waals surface area contributed by atoms with E-state index in [2.05, 4.69) is 15.2 Å². The van der Waals surface area contributed by atoms with Crippen molar-refractivity contribution < 1.29 is 24.2 Å². The molecule has 3 rings (SSSR count). The number of anilines is 1. The number of aliphatic hydroxyl groups excluding tert-OH is 1.